The van der Waals surface area contributed by atoms with Gasteiger partial charge in [0.2, 0.25) is 0 Å². The molecule has 0 aliphatic heterocycles. The van der Waals surface area contributed by atoms with Gasteiger partial charge in [-0.1, -0.05) is 16.8 Å². The quantitative estimate of drug-likeness (QED) is 0.913. The molecule has 3 rings (SSSR count). The van der Waals surface area contributed by atoms with Crippen LogP contribution in [0.25, 0.3) is 0 Å². The Balaban J connectivity index is 1.97. The van der Waals surface area contributed by atoms with E-state index < -0.39 is 0 Å². The van der Waals surface area contributed by atoms with Gasteiger partial charge in [-0.15, -0.1) is 5.10 Å². The molecule has 0 aromatic carbocycles. The summed E-state index contributed by atoms with van der Waals surface area (Å²) in [6, 6.07) is 0. The second kappa shape index (κ2) is 3.98. The van der Waals surface area contributed by atoms with Crippen molar-refractivity contribution in [2.45, 2.75) is 32.2 Å². The number of hydrogen-bond acceptors (Lipinski definition) is 4. The number of aryl methyl sites for hydroxylation is 2. The summed E-state index contributed by atoms with van der Waals surface area (Å²) in [5.74, 6) is 1.04. The van der Waals surface area contributed by atoms with Crippen molar-refractivity contribution in [2.75, 3.05) is 5.73 Å². The van der Waals surface area contributed by atoms with Crippen LogP contribution in [-0.4, -0.2) is 24.8 Å². The number of nitrogens with zero attached hydrogens (tertiary/aromatic N) is 5. The van der Waals surface area contributed by atoms with E-state index in [4.69, 9.17) is 17.3 Å². The third-order valence-electron chi connectivity index (χ3n) is 3.33. The normalized spacial score (nSPS) is 15.3. The van der Waals surface area contributed by atoms with Crippen LogP contribution in [0.1, 0.15) is 35.8 Å². The zero-order valence-corrected chi connectivity index (χ0v) is 11.1. The van der Waals surface area contributed by atoms with Gasteiger partial charge in [-0.2, -0.15) is 5.10 Å². The first-order chi connectivity index (χ1) is 8.58. The van der Waals surface area contributed by atoms with Crippen LogP contribution in [0, 0.1) is 6.92 Å². The lowest BCUT2D eigenvalue weighted by molar-refractivity contribution is 0.579. The van der Waals surface area contributed by atoms with Crippen LogP contribution in [0.4, 0.5) is 5.82 Å². The van der Waals surface area contributed by atoms with Crippen molar-refractivity contribution in [1.82, 2.24) is 24.8 Å². The summed E-state index contributed by atoms with van der Waals surface area (Å²) in [5, 5.41) is 13.0. The molecule has 0 saturated heterocycles. The van der Waals surface area contributed by atoms with E-state index in [9.17, 15) is 0 Å². The molecule has 2 aromatic rings. The predicted octanol–water partition coefficient (Wildman–Crippen LogP) is 1.48. The van der Waals surface area contributed by atoms with Gasteiger partial charge in [0.05, 0.1) is 28.6 Å². The highest BCUT2D eigenvalue weighted by atomic mass is 35.5. The molecule has 0 radical (unpaired) electrons. The van der Waals surface area contributed by atoms with Crippen molar-refractivity contribution in [3.05, 3.63) is 22.1 Å². The van der Waals surface area contributed by atoms with Crippen LogP contribution in [0.3, 0.4) is 0 Å². The van der Waals surface area contributed by atoms with Crippen LogP contribution >= 0.6 is 11.6 Å². The molecular formula is C11H15ClN6. The molecule has 2 heterocycles. The highest BCUT2D eigenvalue weighted by Gasteiger charge is 2.31. The molecule has 0 bridgehead atoms. The van der Waals surface area contributed by atoms with Gasteiger partial charge in [-0.05, 0) is 19.8 Å². The Kier molecular flexibility index (Phi) is 2.55. The average molecular weight is 267 g/mol. The van der Waals surface area contributed by atoms with E-state index in [0.29, 0.717) is 23.3 Å². The Morgan fingerprint density at radius 3 is 2.72 bits per heavy atom. The van der Waals surface area contributed by atoms with Crippen molar-refractivity contribution in [2.24, 2.45) is 7.05 Å². The second-order valence-corrected chi connectivity index (χ2v) is 5.14. The van der Waals surface area contributed by atoms with E-state index in [-0.39, 0.29) is 0 Å². The van der Waals surface area contributed by atoms with E-state index in [1.807, 2.05) is 18.7 Å². The molecular weight excluding hydrogens is 252 g/mol. The molecule has 18 heavy (non-hydrogen) atoms. The summed E-state index contributed by atoms with van der Waals surface area (Å²) in [7, 11) is 1.88. The fourth-order valence-electron chi connectivity index (χ4n) is 2.22. The highest BCUT2D eigenvalue weighted by Crippen LogP contribution is 2.42. The van der Waals surface area contributed by atoms with Gasteiger partial charge in [0, 0.05) is 13.0 Å². The van der Waals surface area contributed by atoms with Crippen molar-refractivity contribution in [3.8, 4) is 0 Å². The first kappa shape index (κ1) is 11.5. The number of aromatic nitrogens is 5. The van der Waals surface area contributed by atoms with Crippen molar-refractivity contribution >= 4 is 17.4 Å². The van der Waals surface area contributed by atoms with Gasteiger partial charge in [-0.25, -0.2) is 4.68 Å². The maximum Gasteiger partial charge on any atom is 0.169 e. The van der Waals surface area contributed by atoms with E-state index in [2.05, 4.69) is 15.4 Å². The Morgan fingerprint density at radius 1 is 1.44 bits per heavy atom. The number of hydrogen-bond donors (Lipinski definition) is 1. The van der Waals surface area contributed by atoms with Gasteiger partial charge >= 0.3 is 0 Å². The van der Waals surface area contributed by atoms with Gasteiger partial charge < -0.3 is 5.73 Å². The number of anilines is 1. The number of halogens is 1. The van der Waals surface area contributed by atoms with Gasteiger partial charge in [0.1, 0.15) is 0 Å². The maximum atomic E-state index is 6.24. The fourth-order valence-corrected chi connectivity index (χ4v) is 2.44. The highest BCUT2D eigenvalue weighted by molar-refractivity contribution is 6.31. The molecule has 1 aliphatic rings. The largest absolute Gasteiger partial charge is 0.381 e. The maximum absolute atomic E-state index is 6.24. The molecule has 6 nitrogen and oxygen atoms in total. The second-order valence-electron chi connectivity index (χ2n) is 4.76. The third-order valence-corrected chi connectivity index (χ3v) is 3.82. The molecule has 1 aliphatic carbocycles. The Hall–Kier alpha value is -1.56. The lowest BCUT2D eigenvalue weighted by Crippen LogP contribution is -2.10. The lowest BCUT2D eigenvalue weighted by Gasteiger charge is -2.06. The summed E-state index contributed by atoms with van der Waals surface area (Å²) in [4.78, 5) is 0. The topological polar surface area (TPSA) is 74.5 Å². The molecule has 7 heteroatoms. The Labute approximate surface area is 110 Å². The van der Waals surface area contributed by atoms with E-state index >= 15 is 0 Å². The van der Waals surface area contributed by atoms with Gasteiger partial charge in [0.25, 0.3) is 0 Å². The molecule has 0 atom stereocenters. The average Bonchev–Trinajstić information content (AvgIpc) is 3.05. The molecule has 0 unspecified atom stereocenters. The number of rotatable bonds is 3. The Morgan fingerprint density at radius 2 is 2.17 bits per heavy atom. The summed E-state index contributed by atoms with van der Waals surface area (Å²) in [5.41, 5.74) is 8.66. The first-order valence-electron chi connectivity index (χ1n) is 5.94. The minimum atomic E-state index is 0.507. The van der Waals surface area contributed by atoms with E-state index in [0.717, 1.165) is 29.9 Å². The minimum absolute atomic E-state index is 0.507. The standard InChI is InChI=1S/C11H15ClN6/c1-6-9(12)8(17(2)15-6)5-18-10(7-3-4-7)11(13)14-16-18/h7H,3-5,13H2,1-2H3. The lowest BCUT2D eigenvalue weighted by atomic mass is 10.3. The summed E-state index contributed by atoms with van der Waals surface area (Å²) >= 11 is 6.24. The molecule has 96 valence electrons. The van der Waals surface area contributed by atoms with Crippen LogP contribution < -0.4 is 5.73 Å². The molecule has 1 fully saturated rings. The fraction of sp³-hybridized carbons (Fsp3) is 0.545. The molecule has 2 aromatic heterocycles. The van der Waals surface area contributed by atoms with Crippen LogP contribution in [0.5, 0.6) is 0 Å². The number of nitrogen functional groups attached to an aromatic ring is 1. The molecule has 0 spiro atoms. The summed E-state index contributed by atoms with van der Waals surface area (Å²) in [6.45, 7) is 2.45. The summed E-state index contributed by atoms with van der Waals surface area (Å²) in [6.07, 6.45) is 2.32. The zero-order chi connectivity index (χ0) is 12.9. The molecule has 0 amide bonds. The molecule has 1 saturated carbocycles. The monoisotopic (exact) mass is 266 g/mol. The van der Waals surface area contributed by atoms with E-state index in [1.54, 1.807) is 4.68 Å². The minimum Gasteiger partial charge on any atom is -0.381 e. The zero-order valence-electron chi connectivity index (χ0n) is 10.4. The SMILES string of the molecule is Cc1nn(C)c(Cn2nnc(N)c2C2CC2)c1Cl. The predicted molar refractivity (Wildman–Crippen MR) is 68.5 cm³/mol. The van der Waals surface area contributed by atoms with E-state index in [1.165, 1.54) is 0 Å². The van der Waals surface area contributed by atoms with Crippen molar-refractivity contribution in [3.63, 3.8) is 0 Å². The van der Waals surface area contributed by atoms with Crippen LogP contribution in [0.15, 0.2) is 0 Å². The first-order valence-corrected chi connectivity index (χ1v) is 6.32. The van der Waals surface area contributed by atoms with Crippen LogP contribution in [0.2, 0.25) is 5.02 Å². The van der Waals surface area contributed by atoms with Crippen LogP contribution in [-0.2, 0) is 13.6 Å². The summed E-state index contributed by atoms with van der Waals surface area (Å²) < 4.78 is 3.63. The van der Waals surface area contributed by atoms with Crippen molar-refractivity contribution < 1.29 is 0 Å². The number of nitrogens with two attached hydrogens (primary N) is 1. The molecule has 2 N–H and O–H groups in total. The van der Waals surface area contributed by atoms with Gasteiger partial charge in [-0.3, -0.25) is 4.68 Å². The van der Waals surface area contributed by atoms with Gasteiger partial charge in [0.15, 0.2) is 5.82 Å². The smallest absolute Gasteiger partial charge is 0.169 e. The third kappa shape index (κ3) is 1.77. The Bertz CT molecular complexity index is 595. The van der Waals surface area contributed by atoms with Crippen molar-refractivity contribution in [1.29, 1.82) is 0 Å².